The number of fused-ring (bicyclic) bond motifs is 5. The van der Waals surface area contributed by atoms with E-state index in [9.17, 15) is 0 Å². The standard InChI is InChI=1S/C56H52N8O2.2Pt/c1-35-37(3)61(33-59(35)11)41-25-39(55(5,6)7)27-45(29-41)65-43-19-21-47-49(31-43)63(51-17-13-15-23-57-51)54-48-22-20-44(32-50(48)64(53(47)54)52-18-14-16-24-58-52)66-46-28-40(56(8,9)10)26-42(30-46)62-34-60(12)36(2)38(62)4;;/h13-28H,1-12H3;;/q;2*+2. The van der Waals surface area contributed by atoms with Gasteiger partial charge in [0.15, 0.2) is 14.1 Å². The van der Waals surface area contributed by atoms with Gasteiger partial charge in [0.1, 0.15) is 23.0 Å². The van der Waals surface area contributed by atoms with Gasteiger partial charge < -0.3 is 18.6 Å². The fraction of sp³-hybridized carbons (Fsp3) is 0.250. The maximum Gasteiger partial charge on any atom is 2.00 e. The SMILES string of the molecule is CC1=C(C)[N+](c2[c-]c(Oc3[c-]c4c(cc3)c3c(c5ccc(Oc6[c-]c([N+]7=C=[N+](C)C(C)=C7C)cc(C(C)(C)C)c6)[c-]c5n3-c3ccccn3)n4-c3ccccn3)cc(C(C)(C)C)c2)=C=[N+]1C.[Pt+2].[Pt+2]. The number of ether oxygens (including phenoxy) is 2. The molecule has 0 aliphatic carbocycles. The average Bonchev–Trinajstić information content (AvgIpc) is 3.96. The number of pyridine rings is 2. The minimum atomic E-state index is -0.150. The number of aromatic nitrogens is 4. The van der Waals surface area contributed by atoms with E-state index >= 15 is 0 Å². The molecule has 0 spiro atoms. The van der Waals surface area contributed by atoms with Crippen molar-refractivity contribution in [2.75, 3.05) is 14.1 Å². The van der Waals surface area contributed by atoms with Crippen LogP contribution >= 0.6 is 0 Å². The summed E-state index contributed by atoms with van der Waals surface area (Å²) < 4.78 is 25.9. The Kier molecular flexibility index (Phi) is 12.8. The molecule has 6 heterocycles. The van der Waals surface area contributed by atoms with Crippen molar-refractivity contribution in [3.05, 3.63) is 156 Å². The molecule has 2 aliphatic rings. The summed E-state index contributed by atoms with van der Waals surface area (Å²) in [6.45, 7) is 21.6. The normalized spacial score (nSPS) is 14.0. The number of hydrogen-bond donors (Lipinski definition) is 0. The quantitative estimate of drug-likeness (QED) is 0.112. The van der Waals surface area contributed by atoms with E-state index in [2.05, 4.69) is 151 Å². The van der Waals surface area contributed by atoms with E-state index in [1.807, 2.05) is 93.3 Å². The summed E-state index contributed by atoms with van der Waals surface area (Å²) in [4.78, 5) is 9.78. The predicted molar refractivity (Wildman–Crippen MR) is 258 cm³/mol. The van der Waals surface area contributed by atoms with Gasteiger partial charge in [-0.15, -0.1) is 47.5 Å². The smallest absolute Gasteiger partial charge is 0.509 e. The molecule has 4 aromatic heterocycles. The molecule has 0 atom stereocenters. The predicted octanol–water partition coefficient (Wildman–Crippen LogP) is 12.3. The van der Waals surface area contributed by atoms with Crippen LogP contribution in [0.4, 0.5) is 11.4 Å². The van der Waals surface area contributed by atoms with Gasteiger partial charge in [-0.1, -0.05) is 118 Å². The summed E-state index contributed by atoms with van der Waals surface area (Å²) >= 11 is 0. The molecule has 8 aromatic rings. The second kappa shape index (κ2) is 18.0. The zero-order valence-corrected chi connectivity index (χ0v) is 44.8. The fourth-order valence-corrected chi connectivity index (χ4v) is 8.53. The maximum absolute atomic E-state index is 6.75. The van der Waals surface area contributed by atoms with Crippen molar-refractivity contribution < 1.29 is 69.9 Å². The first-order valence-corrected chi connectivity index (χ1v) is 22.2. The zero-order chi connectivity index (χ0) is 46.4. The van der Waals surface area contributed by atoms with Crippen molar-refractivity contribution in [1.29, 1.82) is 0 Å². The fourth-order valence-electron chi connectivity index (χ4n) is 8.53. The van der Waals surface area contributed by atoms with E-state index < -0.39 is 0 Å². The maximum atomic E-state index is 6.75. The molecule has 10 rings (SSSR count). The van der Waals surface area contributed by atoms with Gasteiger partial charge in [0.05, 0.1) is 0 Å². The summed E-state index contributed by atoms with van der Waals surface area (Å²) in [5, 5.41) is 1.87. The Morgan fingerprint density at radius 3 is 1.22 bits per heavy atom. The van der Waals surface area contributed by atoms with Crippen LogP contribution in [0.2, 0.25) is 0 Å². The summed E-state index contributed by atoms with van der Waals surface area (Å²) in [6, 6.07) is 49.8. The number of rotatable bonds is 8. The molecule has 68 heavy (non-hydrogen) atoms. The third-order valence-corrected chi connectivity index (χ3v) is 12.7. The van der Waals surface area contributed by atoms with E-state index in [-0.39, 0.29) is 53.0 Å². The van der Waals surface area contributed by atoms with Crippen LogP contribution in [0.25, 0.3) is 44.5 Å². The zero-order valence-electron chi connectivity index (χ0n) is 40.3. The van der Waals surface area contributed by atoms with Gasteiger partial charge in [0.2, 0.25) is 0 Å². The van der Waals surface area contributed by atoms with Gasteiger partial charge in [0, 0.05) is 74.1 Å². The molecule has 344 valence electrons. The van der Waals surface area contributed by atoms with Crippen molar-refractivity contribution >= 4 is 56.2 Å². The average molecular weight is 1260 g/mol. The van der Waals surface area contributed by atoms with Crippen LogP contribution in [-0.2, 0) is 53.0 Å². The van der Waals surface area contributed by atoms with Gasteiger partial charge in [0.25, 0.3) is 22.8 Å². The minimum Gasteiger partial charge on any atom is -0.509 e. The van der Waals surface area contributed by atoms with Crippen LogP contribution in [-0.4, -0.2) is 63.5 Å². The Balaban J connectivity index is 0.00000312. The van der Waals surface area contributed by atoms with Gasteiger partial charge in [-0.25, -0.2) is 9.97 Å². The molecule has 0 saturated heterocycles. The topological polar surface area (TPSA) is 66.1 Å². The Morgan fingerprint density at radius 2 is 0.897 bits per heavy atom. The Bertz CT molecular complexity index is 3330. The first kappa shape index (κ1) is 48.2. The number of allylic oxidation sites excluding steroid dienone is 4. The Hall–Kier alpha value is -6.26. The van der Waals surface area contributed by atoms with Crippen LogP contribution in [0.1, 0.15) is 80.4 Å². The van der Waals surface area contributed by atoms with Crippen LogP contribution in [0.5, 0.6) is 23.0 Å². The molecule has 10 nitrogen and oxygen atoms in total. The molecule has 0 amide bonds. The number of hydrogen-bond acceptors (Lipinski definition) is 4. The van der Waals surface area contributed by atoms with Crippen molar-refractivity contribution in [2.24, 2.45) is 0 Å². The molecule has 2 aliphatic heterocycles. The molecule has 0 bridgehead atoms. The molecule has 0 fully saturated rings. The molecular weight excluding hydrogens is 1210 g/mol. The first-order valence-electron chi connectivity index (χ1n) is 22.2. The van der Waals surface area contributed by atoms with E-state index in [0.717, 1.165) is 89.8 Å². The summed E-state index contributed by atoms with van der Waals surface area (Å²) in [5.41, 5.74) is 11.5. The second-order valence-electron chi connectivity index (χ2n) is 19.2. The van der Waals surface area contributed by atoms with Gasteiger partial charge >= 0.3 is 54.1 Å². The molecule has 12 heteroatoms. The van der Waals surface area contributed by atoms with E-state index in [1.165, 1.54) is 0 Å². The molecule has 0 N–H and O–H groups in total. The van der Waals surface area contributed by atoms with E-state index in [0.29, 0.717) is 23.0 Å². The summed E-state index contributed by atoms with van der Waals surface area (Å²) in [5.74, 6) is 3.73. The third-order valence-electron chi connectivity index (χ3n) is 12.7. The summed E-state index contributed by atoms with van der Waals surface area (Å²) in [6.07, 6.45) is 3.62. The van der Waals surface area contributed by atoms with Gasteiger partial charge in [-0.3, -0.25) is 0 Å². The van der Waals surface area contributed by atoms with Crippen LogP contribution in [0.3, 0.4) is 0 Å². The third kappa shape index (κ3) is 8.50. The Morgan fingerprint density at radius 1 is 0.500 bits per heavy atom. The Labute approximate surface area is 426 Å². The van der Waals surface area contributed by atoms with Crippen molar-refractivity contribution in [1.82, 2.24) is 19.1 Å². The first-order chi connectivity index (χ1) is 31.4. The molecular formula is C56H52N8O2Pt2+4. The minimum absolute atomic E-state index is 0. The second-order valence-corrected chi connectivity index (χ2v) is 19.2. The molecule has 4 aromatic carbocycles. The molecule has 0 unspecified atom stereocenters. The van der Waals surface area contributed by atoms with Gasteiger partial charge in [-0.05, 0) is 35.1 Å². The van der Waals surface area contributed by atoms with Crippen molar-refractivity contribution in [3.63, 3.8) is 0 Å². The molecule has 0 saturated carbocycles. The van der Waals surface area contributed by atoms with E-state index in [1.54, 1.807) is 0 Å². The largest absolute Gasteiger partial charge is 2.00 e. The van der Waals surface area contributed by atoms with Crippen LogP contribution in [0.15, 0.2) is 120 Å². The molecule has 0 radical (unpaired) electrons. The van der Waals surface area contributed by atoms with Crippen molar-refractivity contribution in [2.45, 2.75) is 80.1 Å². The van der Waals surface area contributed by atoms with Crippen LogP contribution < -0.4 is 9.47 Å². The van der Waals surface area contributed by atoms with Crippen molar-refractivity contribution in [3.8, 4) is 34.6 Å². The van der Waals surface area contributed by atoms with Gasteiger partial charge in [-0.2, -0.15) is 12.1 Å². The monoisotopic (exact) mass is 1260 g/mol. The van der Waals surface area contributed by atoms with Crippen LogP contribution in [0, 0.1) is 24.3 Å². The number of nitrogens with zero attached hydrogens (tertiary/aromatic N) is 8. The van der Waals surface area contributed by atoms with E-state index in [4.69, 9.17) is 19.4 Å². The number of benzene rings is 4. The summed E-state index contributed by atoms with van der Waals surface area (Å²) in [7, 11) is 4.01.